The number of phosphoric acid groups is 2. The zero-order chi connectivity index (χ0) is 70.0. The molecule has 0 saturated carbocycles. The molecule has 5 atom stereocenters. The Bertz CT molecular complexity index is 1840. The lowest BCUT2D eigenvalue weighted by Crippen LogP contribution is -2.30. The van der Waals surface area contributed by atoms with Gasteiger partial charge in [-0.05, 0) is 37.5 Å². The molecule has 0 rings (SSSR count). The number of phosphoric ester groups is 2. The van der Waals surface area contributed by atoms with Crippen molar-refractivity contribution in [1.82, 2.24) is 0 Å². The van der Waals surface area contributed by atoms with Gasteiger partial charge in [0.2, 0.25) is 0 Å². The first-order valence-corrected chi connectivity index (χ1v) is 42.5. The molecule has 17 nitrogen and oxygen atoms in total. The quantitative estimate of drug-likeness (QED) is 0.0222. The van der Waals surface area contributed by atoms with Crippen molar-refractivity contribution in [3.8, 4) is 0 Å². The normalized spacial score (nSPS) is 14.0. The second-order valence-corrected chi connectivity index (χ2v) is 31.3. The monoisotopic (exact) mass is 1400 g/mol. The predicted molar refractivity (Wildman–Crippen MR) is 386 cm³/mol. The van der Waals surface area contributed by atoms with Crippen molar-refractivity contribution < 1.29 is 80.2 Å². The summed E-state index contributed by atoms with van der Waals surface area (Å²) < 4.78 is 68.4. The molecule has 95 heavy (non-hydrogen) atoms. The molecule has 19 heteroatoms. The van der Waals surface area contributed by atoms with Crippen LogP contribution in [0.3, 0.4) is 0 Å². The molecule has 0 aromatic rings. The van der Waals surface area contributed by atoms with Gasteiger partial charge in [0.15, 0.2) is 12.2 Å². The van der Waals surface area contributed by atoms with Crippen LogP contribution in [-0.2, 0) is 65.4 Å². The van der Waals surface area contributed by atoms with Gasteiger partial charge in [-0.3, -0.25) is 37.3 Å². The van der Waals surface area contributed by atoms with Gasteiger partial charge >= 0.3 is 39.5 Å². The average molecular weight is 1400 g/mol. The van der Waals surface area contributed by atoms with Gasteiger partial charge in [0.25, 0.3) is 0 Å². The largest absolute Gasteiger partial charge is 0.472 e. The summed E-state index contributed by atoms with van der Waals surface area (Å²) in [5, 5.41) is 10.6. The first-order chi connectivity index (χ1) is 45.9. The molecule has 3 N–H and O–H groups in total. The third-order valence-electron chi connectivity index (χ3n) is 17.7. The minimum Gasteiger partial charge on any atom is -0.462 e. The Hall–Kier alpha value is -1.94. The topological polar surface area (TPSA) is 237 Å². The fourth-order valence-corrected chi connectivity index (χ4v) is 13.2. The first kappa shape index (κ1) is 93.1. The molecule has 0 aromatic heterocycles. The Morgan fingerprint density at radius 3 is 0.716 bits per heavy atom. The van der Waals surface area contributed by atoms with Crippen LogP contribution in [-0.4, -0.2) is 96.7 Å². The van der Waals surface area contributed by atoms with Crippen molar-refractivity contribution in [2.24, 2.45) is 11.8 Å². The van der Waals surface area contributed by atoms with Crippen LogP contribution in [0.4, 0.5) is 0 Å². The van der Waals surface area contributed by atoms with Crippen molar-refractivity contribution in [1.29, 1.82) is 0 Å². The van der Waals surface area contributed by atoms with Crippen LogP contribution < -0.4 is 0 Å². The van der Waals surface area contributed by atoms with Gasteiger partial charge in [-0.25, -0.2) is 9.13 Å². The summed E-state index contributed by atoms with van der Waals surface area (Å²) in [7, 11) is -9.91. The van der Waals surface area contributed by atoms with Crippen LogP contribution in [0.5, 0.6) is 0 Å². The zero-order valence-electron chi connectivity index (χ0n) is 62.0. The molecule has 0 saturated heterocycles. The van der Waals surface area contributed by atoms with Gasteiger partial charge in [0.1, 0.15) is 19.3 Å². The van der Waals surface area contributed by atoms with E-state index in [1.807, 2.05) is 0 Å². The highest BCUT2D eigenvalue weighted by atomic mass is 31.2. The first-order valence-electron chi connectivity index (χ1n) is 39.5. The average Bonchev–Trinajstić information content (AvgIpc) is 3.18. The number of carbonyl (C=O) groups excluding carboxylic acids is 4. The highest BCUT2D eigenvalue weighted by Crippen LogP contribution is 2.45. The van der Waals surface area contributed by atoms with E-state index in [9.17, 15) is 43.2 Å². The standard InChI is InChI=1S/C76H148O17P2/c1-7-9-11-13-15-17-18-19-20-21-22-23-24-25-26-29-33-37-41-48-54-60-75(80)92-71(64-87-74(79)59-53-47-40-36-32-30-27-28-31-35-38-44-50-56-68(3)4)66-90-94(82,83)88-62-70(77)63-89-95(84,85)91-67-72(93-76(81)61-55-49-43-42-45-51-57-69(5)6)65-86-73(78)58-52-46-39-34-16-14-12-10-8-2/h68-72,77H,7-67H2,1-6H3,(H,82,83)(H,84,85)/t70-,71-,72-/m1/s1. The van der Waals surface area contributed by atoms with Crippen molar-refractivity contribution in [2.45, 2.75) is 413 Å². The molecule has 0 spiro atoms. The third-order valence-corrected chi connectivity index (χ3v) is 19.6. The molecule has 0 heterocycles. The summed E-state index contributed by atoms with van der Waals surface area (Å²) in [4.78, 5) is 72.7. The Labute approximate surface area is 581 Å². The molecule has 0 aliphatic heterocycles. The second kappa shape index (κ2) is 67.9. The van der Waals surface area contributed by atoms with E-state index in [2.05, 4.69) is 41.5 Å². The van der Waals surface area contributed by atoms with Crippen LogP contribution in [0.15, 0.2) is 0 Å². The zero-order valence-corrected chi connectivity index (χ0v) is 63.8. The second-order valence-electron chi connectivity index (χ2n) is 28.3. The minimum absolute atomic E-state index is 0.102. The number of aliphatic hydroxyl groups excluding tert-OH is 1. The summed E-state index contributed by atoms with van der Waals surface area (Å²) >= 11 is 0. The lowest BCUT2D eigenvalue weighted by atomic mass is 10.0. The van der Waals surface area contributed by atoms with Crippen LogP contribution in [0, 0.1) is 11.8 Å². The maximum atomic E-state index is 13.1. The van der Waals surface area contributed by atoms with Crippen molar-refractivity contribution in [3.63, 3.8) is 0 Å². The maximum absolute atomic E-state index is 13.1. The highest BCUT2D eigenvalue weighted by molar-refractivity contribution is 7.47. The van der Waals surface area contributed by atoms with Crippen molar-refractivity contribution in [2.75, 3.05) is 39.6 Å². The number of rotatable bonds is 75. The molecule has 0 aliphatic rings. The highest BCUT2D eigenvalue weighted by Gasteiger charge is 2.30. The summed E-state index contributed by atoms with van der Waals surface area (Å²) in [6, 6.07) is 0. The molecule has 0 amide bonds. The van der Waals surface area contributed by atoms with Gasteiger partial charge in [0, 0.05) is 25.7 Å². The predicted octanol–water partition coefficient (Wildman–Crippen LogP) is 22.3. The molecule has 0 bridgehead atoms. The molecule has 0 aliphatic carbocycles. The van der Waals surface area contributed by atoms with E-state index >= 15 is 0 Å². The molecule has 2 unspecified atom stereocenters. The number of hydrogen-bond acceptors (Lipinski definition) is 15. The summed E-state index contributed by atoms with van der Waals surface area (Å²) in [5.41, 5.74) is 0. The SMILES string of the molecule is CCCCCCCCCCCCCCCCCCCCCCCC(=O)O[C@H](COC(=O)CCCCCCCCCCCCCCCC(C)C)COP(=O)(O)OC[C@@H](O)COP(=O)(O)OC[C@@H](COC(=O)CCCCCCCCCCC)OC(=O)CCCCCCCCC(C)C. The number of esters is 4. The number of ether oxygens (including phenoxy) is 4. The van der Waals surface area contributed by atoms with Crippen LogP contribution in [0.2, 0.25) is 0 Å². The Balaban J connectivity index is 5.17. The number of hydrogen-bond donors (Lipinski definition) is 3. The van der Waals surface area contributed by atoms with E-state index in [-0.39, 0.29) is 25.7 Å². The van der Waals surface area contributed by atoms with E-state index in [0.29, 0.717) is 31.6 Å². The Morgan fingerprint density at radius 2 is 0.484 bits per heavy atom. The van der Waals surface area contributed by atoms with Crippen LogP contribution in [0.25, 0.3) is 0 Å². The Morgan fingerprint density at radius 1 is 0.284 bits per heavy atom. The van der Waals surface area contributed by atoms with E-state index in [1.54, 1.807) is 0 Å². The molecule has 0 aromatic carbocycles. The number of aliphatic hydroxyl groups is 1. The van der Waals surface area contributed by atoms with E-state index in [1.165, 1.54) is 212 Å². The van der Waals surface area contributed by atoms with Gasteiger partial charge in [-0.1, -0.05) is 343 Å². The smallest absolute Gasteiger partial charge is 0.462 e. The lowest BCUT2D eigenvalue weighted by Gasteiger charge is -2.21. The molecule has 0 fully saturated rings. The molecule has 0 radical (unpaired) electrons. The van der Waals surface area contributed by atoms with Crippen LogP contribution >= 0.6 is 15.6 Å². The van der Waals surface area contributed by atoms with Gasteiger partial charge in [-0.15, -0.1) is 0 Å². The molecular formula is C76H148O17P2. The number of unbranched alkanes of at least 4 members (excludes halogenated alkanes) is 45. The summed E-state index contributed by atoms with van der Waals surface area (Å²) in [5.74, 6) is -0.662. The third kappa shape index (κ3) is 70.3. The van der Waals surface area contributed by atoms with Gasteiger partial charge in [-0.2, -0.15) is 0 Å². The van der Waals surface area contributed by atoms with Crippen molar-refractivity contribution in [3.05, 3.63) is 0 Å². The maximum Gasteiger partial charge on any atom is 0.472 e. The summed E-state index contributed by atoms with van der Waals surface area (Å²) in [6.45, 7) is 9.50. The van der Waals surface area contributed by atoms with Gasteiger partial charge < -0.3 is 33.8 Å². The fourth-order valence-electron chi connectivity index (χ4n) is 11.7. The Kier molecular flexibility index (Phi) is 66.5. The lowest BCUT2D eigenvalue weighted by molar-refractivity contribution is -0.161. The van der Waals surface area contributed by atoms with E-state index in [0.717, 1.165) is 95.8 Å². The van der Waals surface area contributed by atoms with Crippen molar-refractivity contribution >= 4 is 39.5 Å². The fraction of sp³-hybridized carbons (Fsp3) is 0.947. The molecular weight excluding hydrogens is 1250 g/mol. The minimum atomic E-state index is -4.96. The van der Waals surface area contributed by atoms with Gasteiger partial charge in [0.05, 0.1) is 26.4 Å². The van der Waals surface area contributed by atoms with E-state index in [4.69, 9.17) is 37.0 Å². The number of carbonyl (C=O) groups is 4. The van der Waals surface area contributed by atoms with Crippen LogP contribution in [0.1, 0.15) is 395 Å². The molecule has 564 valence electrons. The summed E-state index contributed by atoms with van der Waals surface area (Å²) in [6.07, 6.45) is 55.9. The van der Waals surface area contributed by atoms with E-state index < -0.39 is 97.5 Å².